The normalized spacial score (nSPS) is 18.7. The molecule has 0 spiro atoms. The minimum Gasteiger partial charge on any atom is -0.384 e. The van der Waals surface area contributed by atoms with Crippen molar-refractivity contribution in [2.75, 3.05) is 25.1 Å². The zero-order chi connectivity index (χ0) is 15.7. The molecule has 3 N–H and O–H groups in total. The van der Waals surface area contributed by atoms with Crippen LogP contribution >= 0.6 is 0 Å². The van der Waals surface area contributed by atoms with Gasteiger partial charge in [0, 0.05) is 25.3 Å². The largest absolute Gasteiger partial charge is 0.384 e. The third kappa shape index (κ3) is 4.13. The summed E-state index contributed by atoms with van der Waals surface area (Å²) in [5, 5.41) is 0. The van der Waals surface area contributed by atoms with Gasteiger partial charge in [-0.1, -0.05) is 0 Å². The average molecular weight is 334 g/mol. The Balaban J connectivity index is 2.01. The predicted molar refractivity (Wildman–Crippen MR) is 78.4 cm³/mol. The lowest BCUT2D eigenvalue weighted by atomic mass is 10.1. The lowest BCUT2D eigenvalue weighted by Gasteiger charge is -2.30. The Kier molecular flexibility index (Phi) is 4.51. The number of aromatic nitrogens is 1. The Morgan fingerprint density at radius 1 is 1.24 bits per heavy atom. The molecule has 118 valence electrons. The van der Waals surface area contributed by atoms with Crippen molar-refractivity contribution in [2.45, 2.75) is 23.8 Å². The van der Waals surface area contributed by atoms with E-state index in [1.54, 1.807) is 0 Å². The molecule has 0 atom stereocenters. The molecule has 1 saturated heterocycles. The van der Waals surface area contributed by atoms with Crippen LogP contribution in [0.15, 0.2) is 23.2 Å². The predicted octanol–water partition coefficient (Wildman–Crippen LogP) is -0.634. The van der Waals surface area contributed by atoms with E-state index in [-0.39, 0.29) is 16.8 Å². The van der Waals surface area contributed by atoms with E-state index in [4.69, 9.17) is 5.73 Å². The van der Waals surface area contributed by atoms with Crippen molar-refractivity contribution in [3.05, 3.63) is 18.3 Å². The summed E-state index contributed by atoms with van der Waals surface area (Å²) >= 11 is 0. The Bertz CT molecular complexity index is 692. The van der Waals surface area contributed by atoms with Crippen LogP contribution in [0.25, 0.3) is 0 Å². The summed E-state index contributed by atoms with van der Waals surface area (Å²) in [5.74, 6) is 0.246. The van der Waals surface area contributed by atoms with E-state index < -0.39 is 20.0 Å². The van der Waals surface area contributed by atoms with Crippen molar-refractivity contribution >= 4 is 25.9 Å². The van der Waals surface area contributed by atoms with Crippen LogP contribution in [0.5, 0.6) is 0 Å². The molecule has 1 aliphatic heterocycles. The van der Waals surface area contributed by atoms with Crippen molar-refractivity contribution in [3.63, 3.8) is 0 Å². The monoisotopic (exact) mass is 334 g/mol. The van der Waals surface area contributed by atoms with E-state index in [1.807, 2.05) is 0 Å². The number of nitrogen functional groups attached to an aromatic ring is 1. The minimum atomic E-state index is -3.67. The number of nitrogens with zero attached hydrogens (tertiary/aromatic N) is 2. The SMILES string of the molecule is CS(=O)(=O)N1CCC(NS(=O)(=O)c2ccc(N)nc2)CC1. The summed E-state index contributed by atoms with van der Waals surface area (Å²) in [6, 6.07) is 2.52. The number of sulfonamides is 2. The molecule has 0 radical (unpaired) electrons. The van der Waals surface area contributed by atoms with Crippen LogP contribution in [0.3, 0.4) is 0 Å². The maximum Gasteiger partial charge on any atom is 0.242 e. The minimum absolute atomic E-state index is 0.0437. The van der Waals surface area contributed by atoms with Gasteiger partial charge in [-0.25, -0.2) is 30.8 Å². The molecule has 1 aromatic heterocycles. The maximum atomic E-state index is 12.2. The number of hydrogen-bond donors (Lipinski definition) is 2. The van der Waals surface area contributed by atoms with E-state index >= 15 is 0 Å². The number of rotatable bonds is 4. The summed E-state index contributed by atoms with van der Waals surface area (Å²) in [6.45, 7) is 0.623. The van der Waals surface area contributed by atoms with Gasteiger partial charge in [0.2, 0.25) is 20.0 Å². The highest BCUT2D eigenvalue weighted by atomic mass is 32.2. The van der Waals surface area contributed by atoms with E-state index in [9.17, 15) is 16.8 Å². The number of piperidine rings is 1. The number of nitrogens with one attached hydrogen (secondary N) is 1. The van der Waals surface area contributed by atoms with Gasteiger partial charge in [-0.15, -0.1) is 0 Å². The molecule has 21 heavy (non-hydrogen) atoms. The summed E-state index contributed by atoms with van der Waals surface area (Å²) < 4.78 is 51.1. The van der Waals surface area contributed by atoms with Crippen molar-refractivity contribution in [2.24, 2.45) is 0 Å². The molecule has 2 rings (SSSR count). The molecule has 0 bridgehead atoms. The molecule has 0 amide bonds. The first-order chi connectivity index (χ1) is 9.68. The molecule has 1 fully saturated rings. The molecule has 8 nitrogen and oxygen atoms in total. The Labute approximate surface area is 124 Å². The van der Waals surface area contributed by atoms with Gasteiger partial charge in [-0.2, -0.15) is 0 Å². The lowest BCUT2D eigenvalue weighted by molar-refractivity contribution is 0.310. The van der Waals surface area contributed by atoms with Crippen LogP contribution in [0.4, 0.5) is 5.82 Å². The molecule has 1 aliphatic rings. The molecular formula is C11H18N4O4S2. The van der Waals surface area contributed by atoms with Crippen molar-refractivity contribution in [1.82, 2.24) is 14.0 Å². The van der Waals surface area contributed by atoms with Crippen LogP contribution < -0.4 is 10.5 Å². The fourth-order valence-electron chi connectivity index (χ4n) is 2.14. The van der Waals surface area contributed by atoms with Crippen molar-refractivity contribution in [1.29, 1.82) is 0 Å². The smallest absolute Gasteiger partial charge is 0.242 e. The van der Waals surface area contributed by atoms with E-state index in [0.717, 1.165) is 6.26 Å². The van der Waals surface area contributed by atoms with E-state index in [1.165, 1.54) is 22.6 Å². The summed E-state index contributed by atoms with van der Waals surface area (Å²) in [4.78, 5) is 3.80. The quantitative estimate of drug-likeness (QED) is 0.755. The highest BCUT2D eigenvalue weighted by molar-refractivity contribution is 7.89. The third-order valence-electron chi connectivity index (χ3n) is 3.31. The molecule has 0 saturated carbocycles. The van der Waals surface area contributed by atoms with Gasteiger partial charge >= 0.3 is 0 Å². The summed E-state index contributed by atoms with van der Waals surface area (Å²) in [5.41, 5.74) is 5.42. The number of pyridine rings is 1. The highest BCUT2D eigenvalue weighted by Gasteiger charge is 2.28. The first kappa shape index (κ1) is 16.1. The maximum absolute atomic E-state index is 12.2. The molecule has 0 aromatic carbocycles. The highest BCUT2D eigenvalue weighted by Crippen LogP contribution is 2.16. The second-order valence-electron chi connectivity index (χ2n) is 4.98. The molecule has 2 heterocycles. The fourth-order valence-corrected chi connectivity index (χ4v) is 4.27. The van der Waals surface area contributed by atoms with Crippen LogP contribution in [0.1, 0.15) is 12.8 Å². The van der Waals surface area contributed by atoms with Crippen molar-refractivity contribution < 1.29 is 16.8 Å². The second-order valence-corrected chi connectivity index (χ2v) is 8.67. The molecule has 10 heteroatoms. The summed E-state index contributed by atoms with van der Waals surface area (Å²) in [6.07, 6.45) is 3.23. The van der Waals surface area contributed by atoms with Crippen LogP contribution in [-0.4, -0.2) is 51.5 Å². The van der Waals surface area contributed by atoms with Gasteiger partial charge in [0.25, 0.3) is 0 Å². The standard InChI is InChI=1S/C11H18N4O4S2/c1-20(16,17)15-6-4-9(5-7-15)14-21(18,19)10-2-3-11(12)13-8-10/h2-3,8-9,14H,4-7H2,1H3,(H2,12,13). The van der Waals surface area contributed by atoms with Gasteiger partial charge in [-0.05, 0) is 25.0 Å². The van der Waals surface area contributed by atoms with Crippen LogP contribution in [0, 0.1) is 0 Å². The topological polar surface area (TPSA) is 122 Å². The Morgan fingerprint density at radius 2 is 1.86 bits per heavy atom. The van der Waals surface area contributed by atoms with E-state index in [0.29, 0.717) is 25.9 Å². The van der Waals surface area contributed by atoms with Crippen molar-refractivity contribution in [3.8, 4) is 0 Å². The number of hydrogen-bond acceptors (Lipinski definition) is 6. The van der Waals surface area contributed by atoms with Gasteiger partial charge in [0.1, 0.15) is 10.7 Å². The Hall–Kier alpha value is -1.23. The zero-order valence-electron chi connectivity index (χ0n) is 11.6. The summed E-state index contributed by atoms with van der Waals surface area (Å²) in [7, 11) is -6.88. The number of nitrogens with two attached hydrogens (primary N) is 1. The molecule has 0 aliphatic carbocycles. The molecular weight excluding hydrogens is 316 g/mol. The van der Waals surface area contributed by atoms with Gasteiger partial charge in [0.05, 0.1) is 6.26 Å². The molecule has 0 unspecified atom stereocenters. The third-order valence-corrected chi connectivity index (χ3v) is 6.12. The zero-order valence-corrected chi connectivity index (χ0v) is 13.2. The number of anilines is 1. The van der Waals surface area contributed by atoms with Gasteiger partial charge in [0.15, 0.2) is 0 Å². The average Bonchev–Trinajstić information content (AvgIpc) is 2.38. The van der Waals surface area contributed by atoms with Crippen LogP contribution in [-0.2, 0) is 20.0 Å². The lowest BCUT2D eigenvalue weighted by Crippen LogP contribution is -2.46. The van der Waals surface area contributed by atoms with E-state index in [2.05, 4.69) is 9.71 Å². The fraction of sp³-hybridized carbons (Fsp3) is 0.545. The Morgan fingerprint density at radius 3 is 2.33 bits per heavy atom. The van der Waals surface area contributed by atoms with Gasteiger partial charge < -0.3 is 5.73 Å². The van der Waals surface area contributed by atoms with Gasteiger partial charge in [-0.3, -0.25) is 0 Å². The van der Waals surface area contributed by atoms with Crippen LogP contribution in [0.2, 0.25) is 0 Å². The first-order valence-corrected chi connectivity index (χ1v) is 9.70. The second kappa shape index (κ2) is 5.87. The molecule has 1 aromatic rings. The first-order valence-electron chi connectivity index (χ1n) is 6.37.